The molecular weight excluding hydrogens is 418 g/mol. The Kier molecular flexibility index (Phi) is 6.36. The van der Waals surface area contributed by atoms with E-state index in [-0.39, 0.29) is 5.91 Å². The Hall–Kier alpha value is -3.14. The Morgan fingerprint density at radius 1 is 1.10 bits per heavy atom. The van der Waals surface area contributed by atoms with Crippen LogP contribution in [0.25, 0.3) is 6.08 Å². The highest BCUT2D eigenvalue weighted by molar-refractivity contribution is 6.30. The minimum Gasteiger partial charge on any atom is -0.339 e. The molecule has 0 unspecified atom stereocenters. The number of aryl methyl sites for hydroxylation is 2. The zero-order valence-corrected chi connectivity index (χ0v) is 18.3. The van der Waals surface area contributed by atoms with Crippen LogP contribution in [-0.4, -0.2) is 64.3 Å². The Balaban J connectivity index is 1.36. The monoisotopic (exact) mass is 441 g/mol. The summed E-state index contributed by atoms with van der Waals surface area (Å²) in [4.78, 5) is 17.7. The van der Waals surface area contributed by atoms with Gasteiger partial charge in [0, 0.05) is 24.2 Å². The second-order valence-corrected chi connectivity index (χ2v) is 8.14. The fraction of sp³-hybridized carbons (Fsp3) is 0.450. The lowest BCUT2D eigenvalue weighted by Crippen LogP contribution is -2.38. The first-order valence-corrected chi connectivity index (χ1v) is 10.6. The van der Waals surface area contributed by atoms with E-state index in [2.05, 4.69) is 30.8 Å². The molecule has 1 aromatic carbocycles. The fourth-order valence-corrected chi connectivity index (χ4v) is 3.85. The van der Waals surface area contributed by atoms with E-state index in [1.54, 1.807) is 23.9 Å². The van der Waals surface area contributed by atoms with Crippen molar-refractivity contribution >= 4 is 23.6 Å². The van der Waals surface area contributed by atoms with E-state index < -0.39 is 0 Å². The maximum atomic E-state index is 12.7. The summed E-state index contributed by atoms with van der Waals surface area (Å²) >= 11 is 6.17. The molecule has 0 saturated carbocycles. The van der Waals surface area contributed by atoms with Gasteiger partial charge in [0.05, 0.1) is 13.1 Å². The Morgan fingerprint density at radius 3 is 2.42 bits per heavy atom. The predicted octanol–water partition coefficient (Wildman–Crippen LogP) is 1.93. The van der Waals surface area contributed by atoms with Crippen LogP contribution in [0.15, 0.2) is 24.3 Å². The Morgan fingerprint density at radius 2 is 1.77 bits per heavy atom. The number of hydrogen-bond donors (Lipinski definition) is 0. The topological polar surface area (TPSA) is 108 Å². The molecule has 2 aromatic heterocycles. The number of tetrazole rings is 2. The van der Waals surface area contributed by atoms with E-state index in [0.29, 0.717) is 29.1 Å². The van der Waals surface area contributed by atoms with Gasteiger partial charge in [-0.15, -0.1) is 20.4 Å². The minimum atomic E-state index is 0.00352. The van der Waals surface area contributed by atoms with Crippen molar-refractivity contribution in [1.82, 2.24) is 45.3 Å². The van der Waals surface area contributed by atoms with E-state index >= 15 is 0 Å². The molecule has 1 saturated heterocycles. The van der Waals surface area contributed by atoms with Crippen LogP contribution >= 0.6 is 11.6 Å². The van der Waals surface area contributed by atoms with Crippen molar-refractivity contribution in [1.29, 1.82) is 0 Å². The lowest BCUT2D eigenvalue weighted by molar-refractivity contribution is -0.127. The molecule has 1 fully saturated rings. The molecule has 0 radical (unpaired) electrons. The maximum Gasteiger partial charge on any atom is 0.246 e. The number of rotatable bonds is 6. The van der Waals surface area contributed by atoms with Crippen molar-refractivity contribution < 1.29 is 4.79 Å². The van der Waals surface area contributed by atoms with Gasteiger partial charge in [0.15, 0.2) is 11.6 Å². The van der Waals surface area contributed by atoms with E-state index in [9.17, 15) is 4.79 Å². The molecular formula is C20H24ClN9O. The fourth-order valence-electron chi connectivity index (χ4n) is 3.65. The molecule has 0 bridgehead atoms. The zero-order valence-electron chi connectivity index (χ0n) is 17.5. The van der Waals surface area contributed by atoms with Crippen LogP contribution in [0.1, 0.15) is 35.6 Å². The largest absolute Gasteiger partial charge is 0.339 e. The van der Waals surface area contributed by atoms with Gasteiger partial charge in [0.25, 0.3) is 0 Å². The van der Waals surface area contributed by atoms with Gasteiger partial charge in [0.1, 0.15) is 0 Å². The van der Waals surface area contributed by atoms with E-state index in [4.69, 9.17) is 11.6 Å². The highest BCUT2D eigenvalue weighted by Gasteiger charge is 2.22. The first kappa shape index (κ1) is 21.1. The number of halogens is 1. The molecule has 31 heavy (non-hydrogen) atoms. The first-order valence-electron chi connectivity index (χ1n) is 10.2. The molecule has 11 heteroatoms. The second-order valence-electron chi connectivity index (χ2n) is 7.70. The van der Waals surface area contributed by atoms with E-state index in [1.807, 2.05) is 30.0 Å². The van der Waals surface area contributed by atoms with Gasteiger partial charge in [0.2, 0.25) is 5.91 Å². The first-order chi connectivity index (χ1) is 15.0. The molecule has 0 N–H and O–H groups in total. The summed E-state index contributed by atoms with van der Waals surface area (Å²) in [5, 5.41) is 24.9. The number of amides is 1. The number of hydrogen-bond acceptors (Lipinski definition) is 7. The highest BCUT2D eigenvalue weighted by Crippen LogP contribution is 2.21. The number of nitrogens with zero attached hydrogens (tertiary/aromatic N) is 9. The number of piperidine rings is 1. The normalized spacial score (nSPS) is 15.1. The molecule has 0 spiro atoms. The van der Waals surface area contributed by atoms with Crippen molar-refractivity contribution in [3.63, 3.8) is 0 Å². The molecule has 1 aliphatic rings. The molecule has 1 amide bonds. The highest BCUT2D eigenvalue weighted by atomic mass is 35.5. The standard InChI is InChI=1S/C20H24ClN9O/c1-14-22-26-29(24-14)12-16-7-9-28(10-8-16)20(31)6-4-17-3-5-19(21)11-18(17)13-30-25-15(2)23-27-30/h3-6,11,16H,7-10,12-13H2,1-2H3. The van der Waals surface area contributed by atoms with E-state index in [0.717, 1.165) is 43.6 Å². The van der Waals surface area contributed by atoms with Crippen LogP contribution in [0.4, 0.5) is 0 Å². The second kappa shape index (κ2) is 9.34. The lowest BCUT2D eigenvalue weighted by atomic mass is 9.97. The van der Waals surface area contributed by atoms with Gasteiger partial charge >= 0.3 is 0 Å². The Bertz CT molecular complexity index is 1080. The van der Waals surface area contributed by atoms with Crippen molar-refractivity contribution in [2.45, 2.75) is 39.8 Å². The van der Waals surface area contributed by atoms with Gasteiger partial charge in [-0.05, 0) is 72.4 Å². The molecule has 3 aromatic rings. The van der Waals surface area contributed by atoms with Crippen molar-refractivity contribution in [3.05, 3.63) is 52.1 Å². The number of carbonyl (C=O) groups excluding carboxylic acids is 1. The van der Waals surface area contributed by atoms with Crippen LogP contribution in [0.2, 0.25) is 5.02 Å². The molecule has 162 valence electrons. The van der Waals surface area contributed by atoms with Crippen LogP contribution in [-0.2, 0) is 17.9 Å². The number of likely N-dealkylation sites (tertiary alicyclic amines) is 1. The number of carbonyl (C=O) groups is 1. The van der Waals surface area contributed by atoms with Crippen molar-refractivity contribution in [2.75, 3.05) is 13.1 Å². The van der Waals surface area contributed by atoms with Gasteiger partial charge in [-0.25, -0.2) is 0 Å². The summed E-state index contributed by atoms with van der Waals surface area (Å²) in [6, 6.07) is 5.56. The summed E-state index contributed by atoms with van der Waals surface area (Å²) in [7, 11) is 0. The smallest absolute Gasteiger partial charge is 0.246 e. The minimum absolute atomic E-state index is 0.00352. The van der Waals surface area contributed by atoms with Gasteiger partial charge in [-0.1, -0.05) is 17.7 Å². The van der Waals surface area contributed by atoms with Gasteiger partial charge < -0.3 is 4.90 Å². The third kappa shape index (κ3) is 5.52. The molecule has 1 aliphatic heterocycles. The summed E-state index contributed by atoms with van der Waals surface area (Å²) in [5.74, 6) is 1.73. The van der Waals surface area contributed by atoms with Crippen LogP contribution in [0, 0.1) is 19.8 Å². The number of aromatic nitrogens is 8. The summed E-state index contributed by atoms with van der Waals surface area (Å²) in [5.41, 5.74) is 1.82. The van der Waals surface area contributed by atoms with Crippen molar-refractivity contribution in [3.8, 4) is 0 Å². The van der Waals surface area contributed by atoms with Crippen LogP contribution < -0.4 is 0 Å². The molecule has 3 heterocycles. The third-order valence-electron chi connectivity index (χ3n) is 5.28. The quantitative estimate of drug-likeness (QED) is 0.538. The molecule has 10 nitrogen and oxygen atoms in total. The zero-order chi connectivity index (χ0) is 21.8. The third-order valence-corrected chi connectivity index (χ3v) is 5.51. The molecule has 0 atom stereocenters. The van der Waals surface area contributed by atoms with Crippen LogP contribution in [0.3, 0.4) is 0 Å². The SMILES string of the molecule is Cc1nnn(Cc2cc(Cl)ccc2C=CC(=O)N2CCC(Cn3nnc(C)n3)CC2)n1. The number of benzene rings is 1. The average Bonchev–Trinajstić information content (AvgIpc) is 3.35. The van der Waals surface area contributed by atoms with Crippen LogP contribution in [0.5, 0.6) is 0 Å². The average molecular weight is 442 g/mol. The maximum absolute atomic E-state index is 12.7. The van der Waals surface area contributed by atoms with Gasteiger partial charge in [-0.2, -0.15) is 9.59 Å². The van der Waals surface area contributed by atoms with Crippen molar-refractivity contribution in [2.24, 2.45) is 5.92 Å². The summed E-state index contributed by atoms with van der Waals surface area (Å²) < 4.78 is 0. The van der Waals surface area contributed by atoms with Gasteiger partial charge in [-0.3, -0.25) is 4.79 Å². The summed E-state index contributed by atoms with van der Waals surface area (Å²) in [6.07, 6.45) is 5.29. The Labute approximate surface area is 184 Å². The van der Waals surface area contributed by atoms with E-state index in [1.165, 1.54) is 4.80 Å². The lowest BCUT2D eigenvalue weighted by Gasteiger charge is -2.30. The predicted molar refractivity (Wildman–Crippen MR) is 114 cm³/mol. The summed E-state index contributed by atoms with van der Waals surface area (Å²) in [6.45, 7) is 6.22. The molecule has 0 aliphatic carbocycles. The molecule has 4 rings (SSSR count).